The maximum atomic E-state index is 12.1. The van der Waals surface area contributed by atoms with Gasteiger partial charge in [-0.1, -0.05) is 35.3 Å². The zero-order chi connectivity index (χ0) is 17.0. The Morgan fingerprint density at radius 2 is 1.91 bits per heavy atom. The zero-order valence-corrected chi connectivity index (χ0v) is 13.6. The van der Waals surface area contributed by atoms with Crippen LogP contribution in [0.5, 0.6) is 0 Å². The second kappa shape index (κ2) is 7.30. The largest absolute Gasteiger partial charge is 0.360 e. The van der Waals surface area contributed by atoms with Gasteiger partial charge in [-0.15, -0.1) is 0 Å². The topological polar surface area (TPSA) is 75.5 Å². The van der Waals surface area contributed by atoms with E-state index in [0.717, 1.165) is 0 Å². The summed E-state index contributed by atoms with van der Waals surface area (Å²) in [7, 11) is 1.61. The van der Waals surface area contributed by atoms with E-state index in [4.69, 9.17) is 23.2 Å². The number of hydrogen-bond donors (Lipinski definition) is 1. The third-order valence-corrected chi connectivity index (χ3v) is 3.81. The van der Waals surface area contributed by atoms with Crippen LogP contribution in [-0.2, 0) is 4.79 Å². The van der Waals surface area contributed by atoms with Crippen molar-refractivity contribution in [2.75, 3.05) is 23.8 Å². The van der Waals surface area contributed by atoms with E-state index >= 15 is 0 Å². The number of amides is 1. The molecule has 0 saturated heterocycles. The number of benzene rings is 2. The van der Waals surface area contributed by atoms with Crippen LogP contribution < -0.4 is 10.2 Å². The standard InChI is InChI=1S/C15H13Cl2N3O3/c1-19(13-4-2-3-5-14(13)20(22)23)9-15(21)18-10-6-7-11(16)12(17)8-10/h2-8H,9H2,1H3,(H,18,21). The smallest absolute Gasteiger partial charge is 0.292 e. The molecule has 0 atom stereocenters. The molecule has 0 heterocycles. The molecule has 0 spiro atoms. The lowest BCUT2D eigenvalue weighted by molar-refractivity contribution is -0.384. The molecule has 2 aromatic rings. The van der Waals surface area contributed by atoms with E-state index in [1.807, 2.05) is 0 Å². The van der Waals surface area contributed by atoms with Gasteiger partial charge in [0.1, 0.15) is 5.69 Å². The van der Waals surface area contributed by atoms with E-state index in [9.17, 15) is 14.9 Å². The first-order valence-electron chi connectivity index (χ1n) is 6.58. The molecule has 0 radical (unpaired) electrons. The maximum absolute atomic E-state index is 12.1. The van der Waals surface area contributed by atoms with Gasteiger partial charge in [0.15, 0.2) is 0 Å². The highest BCUT2D eigenvalue weighted by Crippen LogP contribution is 2.27. The molecular formula is C15H13Cl2N3O3. The Bertz CT molecular complexity index is 752. The van der Waals surface area contributed by atoms with Crippen molar-refractivity contribution in [3.8, 4) is 0 Å². The summed E-state index contributed by atoms with van der Waals surface area (Å²) in [6.07, 6.45) is 0. The lowest BCUT2D eigenvalue weighted by Gasteiger charge is -2.18. The Labute approximate surface area is 142 Å². The molecule has 0 saturated carbocycles. The number of likely N-dealkylation sites (N-methyl/N-ethyl adjacent to an activating group) is 1. The molecule has 8 heteroatoms. The molecule has 1 N–H and O–H groups in total. The minimum absolute atomic E-state index is 0.0505. The van der Waals surface area contributed by atoms with Crippen molar-refractivity contribution in [3.63, 3.8) is 0 Å². The van der Waals surface area contributed by atoms with E-state index in [2.05, 4.69) is 5.32 Å². The fourth-order valence-corrected chi connectivity index (χ4v) is 2.31. The number of anilines is 2. The normalized spacial score (nSPS) is 10.2. The molecule has 6 nitrogen and oxygen atoms in total. The summed E-state index contributed by atoms with van der Waals surface area (Å²) in [5.74, 6) is -0.330. The number of nitrogens with zero attached hydrogens (tertiary/aromatic N) is 2. The Morgan fingerprint density at radius 1 is 1.22 bits per heavy atom. The first-order valence-corrected chi connectivity index (χ1v) is 7.33. The summed E-state index contributed by atoms with van der Waals surface area (Å²) < 4.78 is 0. The number of nitro benzene ring substituents is 1. The summed E-state index contributed by atoms with van der Waals surface area (Å²) in [6, 6.07) is 11.0. The van der Waals surface area contributed by atoms with E-state index in [-0.39, 0.29) is 18.1 Å². The molecule has 2 rings (SSSR count). The van der Waals surface area contributed by atoms with Crippen molar-refractivity contribution in [1.82, 2.24) is 0 Å². The molecule has 0 aliphatic rings. The molecule has 1 amide bonds. The van der Waals surface area contributed by atoms with E-state index < -0.39 is 4.92 Å². The van der Waals surface area contributed by atoms with Crippen molar-refractivity contribution in [3.05, 3.63) is 62.6 Å². The summed E-state index contributed by atoms with van der Waals surface area (Å²) in [5, 5.41) is 14.4. The fourth-order valence-electron chi connectivity index (χ4n) is 2.02. The van der Waals surface area contributed by atoms with Gasteiger partial charge >= 0.3 is 0 Å². The predicted molar refractivity (Wildman–Crippen MR) is 91.5 cm³/mol. The van der Waals surface area contributed by atoms with Gasteiger partial charge in [-0.3, -0.25) is 14.9 Å². The molecule has 23 heavy (non-hydrogen) atoms. The van der Waals surface area contributed by atoms with Crippen molar-refractivity contribution in [2.45, 2.75) is 0 Å². The lowest BCUT2D eigenvalue weighted by atomic mass is 10.2. The first-order chi connectivity index (χ1) is 10.9. The second-order valence-electron chi connectivity index (χ2n) is 4.78. The molecule has 0 aromatic heterocycles. The number of rotatable bonds is 5. The minimum atomic E-state index is -0.483. The number of nitrogens with one attached hydrogen (secondary N) is 1. The lowest BCUT2D eigenvalue weighted by Crippen LogP contribution is -2.30. The molecule has 0 aliphatic heterocycles. The van der Waals surface area contributed by atoms with Gasteiger partial charge in [0.2, 0.25) is 5.91 Å². The monoisotopic (exact) mass is 353 g/mol. The van der Waals surface area contributed by atoms with Crippen molar-refractivity contribution in [2.24, 2.45) is 0 Å². The van der Waals surface area contributed by atoms with Gasteiger partial charge in [0.05, 0.1) is 21.5 Å². The van der Waals surface area contributed by atoms with Crippen LogP contribution in [0.25, 0.3) is 0 Å². The highest BCUT2D eigenvalue weighted by molar-refractivity contribution is 6.42. The summed E-state index contributed by atoms with van der Waals surface area (Å²) in [5.41, 5.74) is 0.805. The van der Waals surface area contributed by atoms with Crippen molar-refractivity contribution >= 4 is 46.2 Å². The van der Waals surface area contributed by atoms with E-state index in [1.165, 1.54) is 17.0 Å². The number of nitro groups is 1. The Morgan fingerprint density at radius 3 is 2.57 bits per heavy atom. The predicted octanol–water partition coefficient (Wildman–Crippen LogP) is 3.98. The van der Waals surface area contributed by atoms with Crippen molar-refractivity contribution < 1.29 is 9.72 Å². The van der Waals surface area contributed by atoms with Crippen LogP contribution in [-0.4, -0.2) is 24.4 Å². The molecular weight excluding hydrogens is 341 g/mol. The Kier molecular flexibility index (Phi) is 5.41. The average Bonchev–Trinajstić information content (AvgIpc) is 2.50. The summed E-state index contributed by atoms with van der Waals surface area (Å²) in [4.78, 5) is 24.1. The molecule has 0 fully saturated rings. The van der Waals surface area contributed by atoms with Gasteiger partial charge in [-0.2, -0.15) is 0 Å². The van der Waals surface area contributed by atoms with Crippen LogP contribution in [0.2, 0.25) is 10.0 Å². The number of halogens is 2. The fraction of sp³-hybridized carbons (Fsp3) is 0.133. The van der Waals surface area contributed by atoms with Gasteiger partial charge in [-0.25, -0.2) is 0 Å². The third kappa shape index (κ3) is 4.34. The van der Waals surface area contributed by atoms with Crippen molar-refractivity contribution in [1.29, 1.82) is 0 Å². The second-order valence-corrected chi connectivity index (χ2v) is 5.59. The first kappa shape index (κ1) is 17.1. The highest BCUT2D eigenvalue weighted by atomic mass is 35.5. The molecule has 0 aliphatic carbocycles. The molecule has 0 unspecified atom stereocenters. The number of hydrogen-bond acceptors (Lipinski definition) is 4. The van der Waals surface area contributed by atoms with Gasteiger partial charge in [-0.05, 0) is 24.3 Å². The van der Waals surface area contributed by atoms with Gasteiger partial charge in [0, 0.05) is 18.8 Å². The Hall–Kier alpha value is -2.31. The number of carbonyl (C=O) groups is 1. The Balaban J connectivity index is 2.08. The van der Waals surface area contributed by atoms with Gasteiger partial charge < -0.3 is 10.2 Å². The highest BCUT2D eigenvalue weighted by Gasteiger charge is 2.18. The zero-order valence-electron chi connectivity index (χ0n) is 12.1. The van der Waals surface area contributed by atoms with Gasteiger partial charge in [0.25, 0.3) is 5.69 Å². The van der Waals surface area contributed by atoms with E-state index in [0.29, 0.717) is 21.4 Å². The average molecular weight is 354 g/mol. The summed E-state index contributed by atoms with van der Waals surface area (Å²) in [6.45, 7) is -0.0505. The number of carbonyl (C=O) groups excluding carboxylic acids is 1. The van der Waals surface area contributed by atoms with Crippen LogP contribution in [0.3, 0.4) is 0 Å². The van der Waals surface area contributed by atoms with Crippen LogP contribution in [0, 0.1) is 10.1 Å². The quantitative estimate of drug-likeness (QED) is 0.651. The third-order valence-electron chi connectivity index (χ3n) is 3.07. The molecule has 120 valence electrons. The van der Waals surface area contributed by atoms with Crippen LogP contribution >= 0.6 is 23.2 Å². The maximum Gasteiger partial charge on any atom is 0.292 e. The van der Waals surface area contributed by atoms with Crippen LogP contribution in [0.4, 0.5) is 17.1 Å². The minimum Gasteiger partial charge on any atom is -0.360 e. The van der Waals surface area contributed by atoms with Crippen LogP contribution in [0.15, 0.2) is 42.5 Å². The molecule has 2 aromatic carbocycles. The van der Waals surface area contributed by atoms with E-state index in [1.54, 1.807) is 37.4 Å². The molecule has 0 bridgehead atoms. The SMILES string of the molecule is CN(CC(=O)Nc1ccc(Cl)c(Cl)c1)c1ccccc1[N+](=O)[O-]. The summed E-state index contributed by atoms with van der Waals surface area (Å²) >= 11 is 11.7. The van der Waals surface area contributed by atoms with Crippen LogP contribution in [0.1, 0.15) is 0 Å². The number of para-hydroxylation sites is 2.